The number of carbonyl (C=O) groups excluding carboxylic acids is 3. The first-order valence-corrected chi connectivity index (χ1v) is 10.4. The number of nitrogens with one attached hydrogen (secondary N) is 1. The molecule has 1 N–H and O–H groups in total. The summed E-state index contributed by atoms with van der Waals surface area (Å²) in [6.07, 6.45) is 2.85. The van der Waals surface area contributed by atoms with Crippen LogP contribution in [-0.2, 0) is 16.0 Å². The van der Waals surface area contributed by atoms with Crippen LogP contribution < -0.4 is 5.32 Å². The summed E-state index contributed by atoms with van der Waals surface area (Å²) in [7, 11) is 0. The Bertz CT molecular complexity index is 1110. The fourth-order valence-corrected chi connectivity index (χ4v) is 3.95. The van der Waals surface area contributed by atoms with Gasteiger partial charge in [-0.25, -0.2) is 4.79 Å². The molecule has 1 aliphatic rings. The molecule has 4 rings (SSSR count). The second-order valence-electron chi connectivity index (χ2n) is 7.53. The summed E-state index contributed by atoms with van der Waals surface area (Å²) in [5.74, 6) is -1.32. The molecule has 0 bridgehead atoms. The molecule has 5 nitrogen and oxygen atoms in total. The van der Waals surface area contributed by atoms with E-state index in [0.717, 1.165) is 24.8 Å². The number of ether oxygens (including phenoxy) is 1. The Balaban J connectivity index is 1.41. The number of aryl methyl sites for hydroxylation is 1. The van der Waals surface area contributed by atoms with Crippen molar-refractivity contribution < 1.29 is 19.1 Å². The Labute approximate surface area is 181 Å². The standard InChI is InChI=1S/C26H23NO4/c28-24(27-23-16-8-12-18-9-4-5-13-20(18)23)17-31-26(30)22-15-7-6-14-21(22)25(29)19-10-2-1-3-11-19/h1-7,9-11,13-15,23H,8,12,16-17H2,(H,27,28)/t23-/m0/s1. The lowest BCUT2D eigenvalue weighted by atomic mass is 9.88. The maximum absolute atomic E-state index is 12.8. The van der Waals surface area contributed by atoms with Crippen LogP contribution in [0, 0.1) is 0 Å². The van der Waals surface area contributed by atoms with E-state index in [2.05, 4.69) is 11.4 Å². The quantitative estimate of drug-likeness (QED) is 0.484. The van der Waals surface area contributed by atoms with Crippen molar-refractivity contribution in [3.8, 4) is 0 Å². The Morgan fingerprint density at radius 1 is 0.839 bits per heavy atom. The van der Waals surface area contributed by atoms with Crippen LogP contribution in [0.4, 0.5) is 0 Å². The van der Waals surface area contributed by atoms with Gasteiger partial charge in [0.15, 0.2) is 12.4 Å². The third-order valence-electron chi connectivity index (χ3n) is 5.47. The molecule has 0 unspecified atom stereocenters. The van der Waals surface area contributed by atoms with Crippen molar-refractivity contribution in [2.45, 2.75) is 25.3 Å². The highest BCUT2D eigenvalue weighted by molar-refractivity contribution is 6.14. The average Bonchev–Trinajstić information content (AvgIpc) is 2.83. The molecular weight excluding hydrogens is 390 g/mol. The fourth-order valence-electron chi connectivity index (χ4n) is 3.95. The molecule has 1 amide bonds. The molecule has 1 atom stereocenters. The molecule has 31 heavy (non-hydrogen) atoms. The molecule has 0 spiro atoms. The molecule has 3 aromatic carbocycles. The SMILES string of the molecule is O=C(COC(=O)c1ccccc1C(=O)c1ccccc1)N[C@H]1CCCc2ccccc21. The topological polar surface area (TPSA) is 72.5 Å². The van der Waals surface area contributed by atoms with Gasteiger partial charge in [0.1, 0.15) is 0 Å². The fraction of sp³-hybridized carbons (Fsp3) is 0.192. The number of ketones is 1. The van der Waals surface area contributed by atoms with Gasteiger partial charge in [-0.15, -0.1) is 0 Å². The first kappa shape index (κ1) is 20.5. The van der Waals surface area contributed by atoms with Gasteiger partial charge in [-0.1, -0.05) is 72.8 Å². The molecule has 0 radical (unpaired) electrons. The Kier molecular flexibility index (Phi) is 6.22. The van der Waals surface area contributed by atoms with Crippen LogP contribution in [0.25, 0.3) is 0 Å². The highest BCUT2D eigenvalue weighted by Crippen LogP contribution is 2.29. The van der Waals surface area contributed by atoms with Crippen molar-refractivity contribution in [1.29, 1.82) is 0 Å². The number of hydrogen-bond acceptors (Lipinski definition) is 4. The Morgan fingerprint density at radius 3 is 2.32 bits per heavy atom. The van der Waals surface area contributed by atoms with Gasteiger partial charge >= 0.3 is 5.97 Å². The largest absolute Gasteiger partial charge is 0.452 e. The molecule has 3 aromatic rings. The number of benzene rings is 3. The van der Waals surface area contributed by atoms with Crippen LogP contribution in [0.3, 0.4) is 0 Å². The second-order valence-corrected chi connectivity index (χ2v) is 7.53. The lowest BCUT2D eigenvalue weighted by Gasteiger charge is -2.26. The van der Waals surface area contributed by atoms with E-state index in [9.17, 15) is 14.4 Å². The molecule has 0 aromatic heterocycles. The summed E-state index contributed by atoms with van der Waals surface area (Å²) in [6, 6.07) is 23.2. The van der Waals surface area contributed by atoms with Crippen molar-refractivity contribution in [3.63, 3.8) is 0 Å². The third kappa shape index (κ3) is 4.72. The van der Waals surface area contributed by atoms with Crippen LogP contribution in [0.5, 0.6) is 0 Å². The molecule has 0 saturated carbocycles. The van der Waals surface area contributed by atoms with E-state index in [1.807, 2.05) is 24.3 Å². The van der Waals surface area contributed by atoms with Crippen LogP contribution >= 0.6 is 0 Å². The molecule has 1 aliphatic carbocycles. The van der Waals surface area contributed by atoms with Gasteiger partial charge in [0.05, 0.1) is 11.6 Å². The van der Waals surface area contributed by atoms with Crippen molar-refractivity contribution in [1.82, 2.24) is 5.32 Å². The van der Waals surface area contributed by atoms with Crippen LogP contribution in [0.2, 0.25) is 0 Å². The molecule has 0 heterocycles. The highest BCUT2D eigenvalue weighted by Gasteiger charge is 2.23. The zero-order valence-corrected chi connectivity index (χ0v) is 17.0. The Hall–Kier alpha value is -3.73. The van der Waals surface area contributed by atoms with E-state index in [0.29, 0.717) is 5.56 Å². The zero-order chi connectivity index (χ0) is 21.6. The Morgan fingerprint density at radius 2 is 1.52 bits per heavy atom. The first-order valence-electron chi connectivity index (χ1n) is 10.4. The van der Waals surface area contributed by atoms with E-state index < -0.39 is 12.6 Å². The summed E-state index contributed by atoms with van der Waals surface area (Å²) in [5.41, 5.74) is 3.24. The van der Waals surface area contributed by atoms with Gasteiger partial charge in [0.25, 0.3) is 5.91 Å². The first-order chi connectivity index (χ1) is 15.1. The minimum absolute atomic E-state index is 0.0805. The minimum atomic E-state index is -0.695. The summed E-state index contributed by atoms with van der Waals surface area (Å²) in [5, 5.41) is 2.96. The molecule has 156 valence electrons. The monoisotopic (exact) mass is 413 g/mol. The highest BCUT2D eigenvalue weighted by atomic mass is 16.5. The van der Waals surface area contributed by atoms with Gasteiger partial charge in [0, 0.05) is 11.1 Å². The van der Waals surface area contributed by atoms with Crippen molar-refractivity contribution >= 4 is 17.7 Å². The predicted molar refractivity (Wildman–Crippen MR) is 117 cm³/mol. The predicted octanol–water partition coefficient (Wildman–Crippen LogP) is 4.27. The maximum Gasteiger partial charge on any atom is 0.339 e. The molecule has 0 saturated heterocycles. The normalized spacial score (nSPS) is 14.9. The summed E-state index contributed by atoms with van der Waals surface area (Å²) >= 11 is 0. The van der Waals surface area contributed by atoms with E-state index in [1.165, 1.54) is 11.6 Å². The number of amides is 1. The summed E-state index contributed by atoms with van der Waals surface area (Å²) in [4.78, 5) is 37.9. The van der Waals surface area contributed by atoms with Gasteiger partial charge in [0.2, 0.25) is 0 Å². The molecular formula is C26H23NO4. The molecule has 0 fully saturated rings. The maximum atomic E-state index is 12.8. The third-order valence-corrected chi connectivity index (χ3v) is 5.47. The van der Waals surface area contributed by atoms with Crippen molar-refractivity contribution in [3.05, 3.63) is 107 Å². The number of fused-ring (bicyclic) bond motifs is 1. The van der Waals surface area contributed by atoms with Crippen LogP contribution in [0.15, 0.2) is 78.9 Å². The summed E-state index contributed by atoms with van der Waals surface area (Å²) < 4.78 is 5.24. The van der Waals surface area contributed by atoms with Crippen LogP contribution in [0.1, 0.15) is 56.3 Å². The number of hydrogen-bond donors (Lipinski definition) is 1. The second kappa shape index (κ2) is 9.39. The van der Waals surface area contributed by atoms with Gasteiger partial charge in [-0.05, 0) is 36.5 Å². The summed E-state index contributed by atoms with van der Waals surface area (Å²) in [6.45, 7) is -0.397. The average molecular weight is 413 g/mol. The number of carbonyl (C=O) groups is 3. The molecule has 0 aliphatic heterocycles. The number of rotatable bonds is 6. The van der Waals surface area contributed by atoms with Crippen LogP contribution in [-0.4, -0.2) is 24.3 Å². The number of esters is 1. The van der Waals surface area contributed by atoms with E-state index >= 15 is 0 Å². The van der Waals surface area contributed by atoms with Gasteiger partial charge < -0.3 is 10.1 Å². The molecule has 5 heteroatoms. The lowest BCUT2D eigenvalue weighted by molar-refractivity contribution is -0.125. The van der Waals surface area contributed by atoms with Gasteiger partial charge in [-0.3, -0.25) is 9.59 Å². The van der Waals surface area contributed by atoms with E-state index in [1.54, 1.807) is 42.5 Å². The zero-order valence-electron chi connectivity index (χ0n) is 17.0. The van der Waals surface area contributed by atoms with Gasteiger partial charge in [-0.2, -0.15) is 0 Å². The lowest BCUT2D eigenvalue weighted by Crippen LogP contribution is -2.34. The van der Waals surface area contributed by atoms with E-state index in [-0.39, 0.29) is 28.9 Å². The van der Waals surface area contributed by atoms with Crippen molar-refractivity contribution in [2.75, 3.05) is 6.61 Å². The van der Waals surface area contributed by atoms with E-state index in [4.69, 9.17) is 4.74 Å². The minimum Gasteiger partial charge on any atom is -0.452 e. The van der Waals surface area contributed by atoms with Crippen molar-refractivity contribution in [2.24, 2.45) is 0 Å². The smallest absolute Gasteiger partial charge is 0.339 e.